The number of hydrogen-bond donors (Lipinski definition) is 1. The molecule has 3 aromatic rings. The molecule has 0 saturated carbocycles. The fourth-order valence-corrected chi connectivity index (χ4v) is 2.48. The molecule has 0 atom stereocenters. The Kier molecular flexibility index (Phi) is 4.68. The van der Waals surface area contributed by atoms with E-state index in [4.69, 9.17) is 4.74 Å². The number of aromatic nitrogens is 2. The number of ether oxygens (including phenoxy) is 1. The van der Waals surface area contributed by atoms with Crippen LogP contribution in [0.2, 0.25) is 0 Å². The predicted octanol–water partition coefficient (Wildman–Crippen LogP) is 4.26. The van der Waals surface area contributed by atoms with Gasteiger partial charge in [-0.1, -0.05) is 5.92 Å². The maximum atomic E-state index is 12.7. The summed E-state index contributed by atoms with van der Waals surface area (Å²) in [5.74, 6) is 6.17. The number of benzene rings is 1. The molecule has 0 bridgehead atoms. The van der Waals surface area contributed by atoms with Crippen molar-refractivity contribution in [2.45, 2.75) is 26.4 Å². The van der Waals surface area contributed by atoms with Crippen LogP contribution in [0, 0.1) is 11.8 Å². The first-order valence-corrected chi connectivity index (χ1v) is 8.37. The number of hydrogen-bond acceptors (Lipinski definition) is 4. The van der Waals surface area contributed by atoms with Crippen LogP contribution in [0.5, 0.6) is 0 Å². The first-order chi connectivity index (χ1) is 12.4. The second-order valence-electron chi connectivity index (χ2n) is 6.84. The second-order valence-corrected chi connectivity index (χ2v) is 6.84. The van der Waals surface area contributed by atoms with Gasteiger partial charge in [0.15, 0.2) is 5.65 Å². The molecule has 0 amide bonds. The van der Waals surface area contributed by atoms with Crippen LogP contribution in [0.1, 0.15) is 32.0 Å². The van der Waals surface area contributed by atoms with Crippen LogP contribution >= 0.6 is 0 Å². The lowest BCUT2D eigenvalue weighted by molar-refractivity contribution is 0.0542. The number of pyridine rings is 1. The summed E-state index contributed by atoms with van der Waals surface area (Å²) in [5.41, 5.74) is 2.36. The summed E-state index contributed by atoms with van der Waals surface area (Å²) in [6, 6.07) is 13.3. The third-order valence-electron chi connectivity index (χ3n) is 3.65. The van der Waals surface area contributed by atoms with Gasteiger partial charge in [-0.2, -0.15) is 0 Å². The summed E-state index contributed by atoms with van der Waals surface area (Å²) in [7, 11) is 1.87. The van der Waals surface area contributed by atoms with Crippen LogP contribution < -0.4 is 5.32 Å². The lowest BCUT2D eigenvalue weighted by Crippen LogP contribution is -2.27. The molecule has 0 aliphatic rings. The monoisotopic (exact) mass is 347 g/mol. The molecule has 0 unspecified atom stereocenters. The van der Waals surface area contributed by atoms with Crippen LogP contribution in [0.15, 0.2) is 48.7 Å². The van der Waals surface area contributed by atoms with Gasteiger partial charge >= 0.3 is 6.09 Å². The lowest BCUT2D eigenvalue weighted by Gasteiger charge is -2.20. The molecule has 26 heavy (non-hydrogen) atoms. The molecule has 0 saturated heterocycles. The van der Waals surface area contributed by atoms with Crippen molar-refractivity contribution in [2.75, 3.05) is 12.4 Å². The Bertz CT molecular complexity index is 1000. The molecule has 132 valence electrons. The van der Waals surface area contributed by atoms with Gasteiger partial charge in [-0.3, -0.25) is 0 Å². The van der Waals surface area contributed by atoms with E-state index in [9.17, 15) is 4.79 Å². The highest BCUT2D eigenvalue weighted by molar-refractivity contribution is 5.89. The number of rotatable bonds is 1. The van der Waals surface area contributed by atoms with Gasteiger partial charge in [0.2, 0.25) is 0 Å². The van der Waals surface area contributed by atoms with Crippen molar-refractivity contribution in [3.05, 3.63) is 59.9 Å². The summed E-state index contributed by atoms with van der Waals surface area (Å²) in [6.07, 6.45) is 1.16. The van der Waals surface area contributed by atoms with Crippen molar-refractivity contribution in [1.82, 2.24) is 9.55 Å². The summed E-state index contributed by atoms with van der Waals surface area (Å²) >= 11 is 0. The minimum Gasteiger partial charge on any atom is -0.443 e. The van der Waals surface area contributed by atoms with Gasteiger partial charge in [-0.25, -0.2) is 14.3 Å². The zero-order chi connectivity index (χ0) is 18.7. The molecule has 5 heteroatoms. The van der Waals surface area contributed by atoms with E-state index in [-0.39, 0.29) is 0 Å². The van der Waals surface area contributed by atoms with Crippen LogP contribution in [-0.4, -0.2) is 28.3 Å². The van der Waals surface area contributed by atoms with Gasteiger partial charge in [0.05, 0.1) is 0 Å². The molecule has 0 aliphatic heterocycles. The maximum Gasteiger partial charge on any atom is 0.421 e. The molecule has 0 spiro atoms. The Morgan fingerprint density at radius 1 is 1.15 bits per heavy atom. The topological polar surface area (TPSA) is 56.2 Å². The van der Waals surface area contributed by atoms with Crippen molar-refractivity contribution in [2.24, 2.45) is 0 Å². The first-order valence-electron chi connectivity index (χ1n) is 8.37. The van der Waals surface area contributed by atoms with E-state index in [1.54, 1.807) is 6.20 Å². The van der Waals surface area contributed by atoms with Gasteiger partial charge in [0.25, 0.3) is 0 Å². The Labute approximate surface area is 153 Å². The smallest absolute Gasteiger partial charge is 0.421 e. The zero-order valence-corrected chi connectivity index (χ0v) is 15.3. The predicted molar refractivity (Wildman–Crippen MR) is 103 cm³/mol. The first kappa shape index (κ1) is 17.6. The molecule has 0 fully saturated rings. The van der Waals surface area contributed by atoms with Gasteiger partial charge in [0, 0.05) is 29.9 Å². The molecule has 3 rings (SSSR count). The second kappa shape index (κ2) is 6.93. The third-order valence-corrected chi connectivity index (χ3v) is 3.65. The van der Waals surface area contributed by atoms with Gasteiger partial charge in [-0.05, 0) is 69.2 Å². The number of anilines is 1. The minimum atomic E-state index is -0.601. The normalized spacial score (nSPS) is 10.9. The zero-order valence-electron chi connectivity index (χ0n) is 15.3. The number of carbonyl (C=O) groups excluding carboxylic acids is 1. The van der Waals surface area contributed by atoms with E-state index in [2.05, 4.69) is 22.1 Å². The van der Waals surface area contributed by atoms with E-state index < -0.39 is 11.7 Å². The van der Waals surface area contributed by atoms with Crippen LogP contribution in [-0.2, 0) is 4.74 Å². The molecule has 0 radical (unpaired) electrons. The number of nitrogens with zero attached hydrogens (tertiary/aromatic N) is 2. The Hall–Kier alpha value is -3.26. The fourth-order valence-electron chi connectivity index (χ4n) is 2.48. The molecule has 0 aliphatic carbocycles. The third kappa shape index (κ3) is 3.86. The van der Waals surface area contributed by atoms with Crippen LogP contribution in [0.4, 0.5) is 10.5 Å². The molecule has 2 heterocycles. The maximum absolute atomic E-state index is 12.7. The van der Waals surface area contributed by atoms with Crippen molar-refractivity contribution in [1.29, 1.82) is 0 Å². The van der Waals surface area contributed by atoms with Crippen molar-refractivity contribution >= 4 is 22.8 Å². The van der Waals surface area contributed by atoms with E-state index >= 15 is 0 Å². The van der Waals surface area contributed by atoms with Gasteiger partial charge in [-0.15, -0.1) is 0 Å². The average molecular weight is 347 g/mol. The summed E-state index contributed by atoms with van der Waals surface area (Å²) < 4.78 is 6.95. The highest BCUT2D eigenvalue weighted by atomic mass is 16.6. The molecule has 1 aromatic carbocycles. The van der Waals surface area contributed by atoms with Crippen molar-refractivity contribution < 1.29 is 9.53 Å². The van der Waals surface area contributed by atoms with Crippen LogP contribution in [0.3, 0.4) is 0 Å². The average Bonchev–Trinajstić information content (AvgIpc) is 2.97. The number of carbonyl (C=O) groups is 1. The molecular weight excluding hydrogens is 326 g/mol. The standard InChI is InChI=1S/C21H21N3O2/c1-21(2,3)26-20(25)24-18(14-16-6-5-13-23-19(16)24)12-9-15-7-10-17(22-4)11-8-15/h5-8,10-11,13-14,22H,1-4H3. The minimum absolute atomic E-state index is 0.485. The highest BCUT2D eigenvalue weighted by Gasteiger charge is 2.22. The van der Waals surface area contributed by atoms with Gasteiger partial charge < -0.3 is 10.1 Å². The van der Waals surface area contributed by atoms with Gasteiger partial charge in [0.1, 0.15) is 11.3 Å². The molecule has 1 N–H and O–H groups in total. The van der Waals surface area contributed by atoms with Crippen molar-refractivity contribution in [3.8, 4) is 11.8 Å². The molecular formula is C21H21N3O2. The molecule has 2 aromatic heterocycles. The number of nitrogens with one attached hydrogen (secondary N) is 1. The van der Waals surface area contributed by atoms with E-state index in [1.165, 1.54) is 4.57 Å². The quantitative estimate of drug-likeness (QED) is 0.668. The fraction of sp³-hybridized carbons (Fsp3) is 0.238. The van der Waals surface area contributed by atoms with Crippen molar-refractivity contribution in [3.63, 3.8) is 0 Å². The lowest BCUT2D eigenvalue weighted by atomic mass is 10.2. The summed E-state index contributed by atoms with van der Waals surface area (Å²) in [4.78, 5) is 17.0. The van der Waals surface area contributed by atoms with E-state index in [0.717, 1.165) is 16.6 Å². The largest absolute Gasteiger partial charge is 0.443 e. The Morgan fingerprint density at radius 2 is 1.88 bits per heavy atom. The number of fused-ring (bicyclic) bond motifs is 1. The SMILES string of the molecule is CNc1ccc(C#Cc2cc3cccnc3n2C(=O)OC(C)(C)C)cc1. The summed E-state index contributed by atoms with van der Waals surface area (Å²) in [5, 5.41) is 3.91. The van der Waals surface area contributed by atoms with Crippen LogP contribution in [0.25, 0.3) is 11.0 Å². The Balaban J connectivity index is 2.04. The Morgan fingerprint density at radius 3 is 2.54 bits per heavy atom. The van der Waals surface area contributed by atoms with E-state index in [0.29, 0.717) is 11.3 Å². The van der Waals surface area contributed by atoms with E-state index in [1.807, 2.05) is 70.3 Å². The highest BCUT2D eigenvalue weighted by Crippen LogP contribution is 2.20. The summed E-state index contributed by atoms with van der Waals surface area (Å²) in [6.45, 7) is 5.50. The molecule has 5 nitrogen and oxygen atoms in total.